The van der Waals surface area contributed by atoms with Gasteiger partial charge >= 0.3 is 12.1 Å². The van der Waals surface area contributed by atoms with Gasteiger partial charge < -0.3 is 14.6 Å². The molecule has 0 aliphatic carbocycles. The molecule has 0 unspecified atom stereocenters. The van der Waals surface area contributed by atoms with E-state index in [4.69, 9.17) is 14.6 Å². The van der Waals surface area contributed by atoms with Crippen molar-refractivity contribution in [3.63, 3.8) is 0 Å². The Hall–Kier alpha value is -2.84. The molecule has 0 aromatic heterocycles. The summed E-state index contributed by atoms with van der Waals surface area (Å²) in [4.78, 5) is 10.8. The van der Waals surface area contributed by atoms with E-state index in [1.54, 1.807) is 12.1 Å². The SMILES string of the molecule is CCc1cc(Oc2ccc(C(F)(F)F)cc2OCC(F)F)ccc1CCC(=O)O. The summed E-state index contributed by atoms with van der Waals surface area (Å²) in [5, 5.41) is 8.82. The van der Waals surface area contributed by atoms with Gasteiger partial charge in [0.05, 0.1) is 5.56 Å². The van der Waals surface area contributed by atoms with Crippen LogP contribution in [-0.2, 0) is 23.8 Å². The van der Waals surface area contributed by atoms with Gasteiger partial charge in [0.25, 0.3) is 6.43 Å². The van der Waals surface area contributed by atoms with Crippen LogP contribution >= 0.6 is 0 Å². The highest BCUT2D eigenvalue weighted by atomic mass is 19.4. The molecule has 0 radical (unpaired) electrons. The van der Waals surface area contributed by atoms with Crippen LogP contribution in [0.15, 0.2) is 36.4 Å². The minimum atomic E-state index is -4.66. The third-order valence-corrected chi connectivity index (χ3v) is 4.03. The number of carbonyl (C=O) groups is 1. The molecular weight excluding hydrogens is 399 g/mol. The summed E-state index contributed by atoms with van der Waals surface area (Å²) in [7, 11) is 0. The van der Waals surface area contributed by atoms with Gasteiger partial charge in [0.15, 0.2) is 11.5 Å². The van der Waals surface area contributed by atoms with Crippen LogP contribution in [0, 0.1) is 0 Å². The second kappa shape index (κ2) is 9.58. The lowest BCUT2D eigenvalue weighted by Gasteiger charge is -2.16. The number of ether oxygens (including phenoxy) is 2. The number of halogens is 5. The molecule has 29 heavy (non-hydrogen) atoms. The van der Waals surface area contributed by atoms with Crippen molar-refractivity contribution in [2.45, 2.75) is 38.8 Å². The number of alkyl halides is 5. The molecule has 0 heterocycles. The van der Waals surface area contributed by atoms with Crippen molar-refractivity contribution in [2.75, 3.05) is 6.61 Å². The van der Waals surface area contributed by atoms with Crippen molar-refractivity contribution in [1.82, 2.24) is 0 Å². The Morgan fingerprint density at radius 3 is 2.38 bits per heavy atom. The largest absolute Gasteiger partial charge is 0.484 e. The van der Waals surface area contributed by atoms with Gasteiger partial charge in [-0.05, 0) is 54.3 Å². The van der Waals surface area contributed by atoms with E-state index in [0.29, 0.717) is 18.9 Å². The number of carboxylic acids is 1. The minimum absolute atomic E-state index is 0.0439. The zero-order valence-electron chi connectivity index (χ0n) is 15.4. The highest BCUT2D eigenvalue weighted by Crippen LogP contribution is 2.38. The zero-order valence-corrected chi connectivity index (χ0v) is 15.4. The van der Waals surface area contributed by atoms with Gasteiger partial charge in [0.2, 0.25) is 0 Å². The zero-order chi connectivity index (χ0) is 21.6. The summed E-state index contributed by atoms with van der Waals surface area (Å²) in [5.41, 5.74) is 0.571. The van der Waals surface area contributed by atoms with Crippen molar-refractivity contribution in [3.8, 4) is 17.2 Å². The molecule has 0 saturated carbocycles. The highest BCUT2D eigenvalue weighted by Gasteiger charge is 2.31. The number of hydrogen-bond donors (Lipinski definition) is 1. The van der Waals surface area contributed by atoms with Crippen LogP contribution in [0.5, 0.6) is 17.2 Å². The Morgan fingerprint density at radius 1 is 1.07 bits per heavy atom. The van der Waals surface area contributed by atoms with Crippen molar-refractivity contribution < 1.29 is 41.3 Å². The van der Waals surface area contributed by atoms with E-state index in [-0.39, 0.29) is 17.9 Å². The Bertz CT molecular complexity index is 849. The van der Waals surface area contributed by atoms with E-state index < -0.39 is 36.5 Å². The molecule has 0 spiro atoms. The van der Waals surface area contributed by atoms with Gasteiger partial charge in [0.1, 0.15) is 12.4 Å². The Morgan fingerprint density at radius 2 is 1.79 bits per heavy atom. The molecular formula is C20H19F5O4. The second-order valence-corrected chi connectivity index (χ2v) is 6.14. The number of rotatable bonds is 9. The summed E-state index contributed by atoms with van der Waals surface area (Å²) in [6, 6.07) is 7.22. The smallest absolute Gasteiger partial charge is 0.416 e. The standard InChI is InChI=1S/C20H19F5O4/c1-2-12-9-15(6-3-13(12)4-8-19(26)27)29-16-7-5-14(20(23,24)25)10-17(16)28-11-18(21)22/h3,5-7,9-10,18H,2,4,8,11H2,1H3,(H,26,27). The molecule has 0 saturated heterocycles. The molecule has 0 bridgehead atoms. The normalized spacial score (nSPS) is 11.6. The first-order chi connectivity index (χ1) is 13.6. The van der Waals surface area contributed by atoms with E-state index in [9.17, 15) is 26.7 Å². The van der Waals surface area contributed by atoms with Crippen LogP contribution in [0.2, 0.25) is 0 Å². The van der Waals surface area contributed by atoms with E-state index in [1.807, 2.05) is 6.92 Å². The lowest BCUT2D eigenvalue weighted by atomic mass is 10.0. The average Bonchev–Trinajstić information content (AvgIpc) is 2.64. The van der Waals surface area contributed by atoms with E-state index >= 15 is 0 Å². The summed E-state index contributed by atoms with van der Waals surface area (Å²) in [6.07, 6.45) is -6.67. The van der Waals surface area contributed by atoms with E-state index in [1.165, 1.54) is 6.07 Å². The maximum absolute atomic E-state index is 12.9. The Kier molecular flexibility index (Phi) is 7.41. The molecule has 0 aliphatic heterocycles. The van der Waals surface area contributed by atoms with E-state index in [2.05, 4.69) is 0 Å². The fourth-order valence-electron chi connectivity index (χ4n) is 2.64. The van der Waals surface area contributed by atoms with Crippen molar-refractivity contribution in [1.29, 1.82) is 0 Å². The number of aryl methyl sites for hydroxylation is 2. The fourth-order valence-corrected chi connectivity index (χ4v) is 2.64. The van der Waals surface area contributed by atoms with Crippen LogP contribution in [0.1, 0.15) is 30.0 Å². The number of aliphatic carboxylic acids is 1. The first kappa shape index (κ1) is 22.4. The number of carboxylic acid groups (broad SMARTS) is 1. The Balaban J connectivity index is 2.30. The molecule has 2 rings (SSSR count). The summed E-state index contributed by atoms with van der Waals surface area (Å²) in [6.45, 7) is 0.782. The molecule has 4 nitrogen and oxygen atoms in total. The third-order valence-electron chi connectivity index (χ3n) is 4.03. The number of benzene rings is 2. The van der Waals surface area contributed by atoms with Gasteiger partial charge in [-0.2, -0.15) is 13.2 Å². The van der Waals surface area contributed by atoms with Crippen molar-refractivity contribution in [3.05, 3.63) is 53.1 Å². The summed E-state index contributed by atoms with van der Waals surface area (Å²) in [5.74, 6) is -1.26. The Labute approximate surface area is 163 Å². The minimum Gasteiger partial charge on any atom is -0.484 e. The predicted molar refractivity (Wildman–Crippen MR) is 94.8 cm³/mol. The van der Waals surface area contributed by atoms with E-state index in [0.717, 1.165) is 23.3 Å². The van der Waals surface area contributed by atoms with Gasteiger partial charge in [-0.1, -0.05) is 13.0 Å². The van der Waals surface area contributed by atoms with Gasteiger partial charge in [-0.3, -0.25) is 4.79 Å². The van der Waals surface area contributed by atoms with Crippen LogP contribution in [0.25, 0.3) is 0 Å². The van der Waals surface area contributed by atoms with Crippen molar-refractivity contribution >= 4 is 5.97 Å². The lowest BCUT2D eigenvalue weighted by Crippen LogP contribution is -2.10. The van der Waals surface area contributed by atoms with Crippen LogP contribution < -0.4 is 9.47 Å². The molecule has 0 fully saturated rings. The first-order valence-electron chi connectivity index (χ1n) is 8.73. The maximum Gasteiger partial charge on any atom is 0.416 e. The monoisotopic (exact) mass is 418 g/mol. The highest BCUT2D eigenvalue weighted by molar-refractivity contribution is 5.67. The van der Waals surface area contributed by atoms with Crippen LogP contribution in [0.4, 0.5) is 22.0 Å². The lowest BCUT2D eigenvalue weighted by molar-refractivity contribution is -0.138. The number of hydrogen-bond acceptors (Lipinski definition) is 3. The molecule has 0 amide bonds. The molecule has 0 aliphatic rings. The molecule has 1 N–H and O–H groups in total. The molecule has 0 atom stereocenters. The predicted octanol–water partition coefficient (Wildman–Crippen LogP) is 5.72. The molecule has 2 aromatic rings. The van der Waals surface area contributed by atoms with Gasteiger partial charge in [-0.15, -0.1) is 0 Å². The van der Waals surface area contributed by atoms with Crippen molar-refractivity contribution in [2.24, 2.45) is 0 Å². The van der Waals surface area contributed by atoms with Gasteiger partial charge in [-0.25, -0.2) is 8.78 Å². The third kappa shape index (κ3) is 6.62. The summed E-state index contributed by atoms with van der Waals surface area (Å²) < 4.78 is 74.0. The quantitative estimate of drug-likeness (QED) is 0.529. The second-order valence-electron chi connectivity index (χ2n) is 6.14. The fraction of sp³-hybridized carbons (Fsp3) is 0.350. The topological polar surface area (TPSA) is 55.8 Å². The summed E-state index contributed by atoms with van der Waals surface area (Å²) >= 11 is 0. The molecule has 9 heteroatoms. The maximum atomic E-state index is 12.9. The van der Waals surface area contributed by atoms with Crippen LogP contribution in [0.3, 0.4) is 0 Å². The molecule has 158 valence electrons. The average molecular weight is 418 g/mol. The molecule has 2 aromatic carbocycles. The first-order valence-corrected chi connectivity index (χ1v) is 8.73. The van der Waals surface area contributed by atoms with Gasteiger partial charge in [0, 0.05) is 6.42 Å². The van der Waals surface area contributed by atoms with Crippen LogP contribution in [-0.4, -0.2) is 24.1 Å².